The fourth-order valence-corrected chi connectivity index (χ4v) is 3.83. The molecule has 6 nitrogen and oxygen atoms in total. The number of ketones is 1. The Morgan fingerprint density at radius 1 is 1.00 bits per heavy atom. The number of nitrogens with one attached hydrogen (secondary N) is 1. The van der Waals surface area contributed by atoms with Gasteiger partial charge in [-0.25, -0.2) is 0 Å². The molecule has 2 N–H and O–H groups in total. The first-order valence-electron chi connectivity index (χ1n) is 9.05. The number of hydrogen-bond donors (Lipinski definition) is 2. The number of rotatable bonds is 5. The maximum Gasteiger partial charge on any atom is 0.296 e. The molecular formula is C22H14Cl3N3O3. The van der Waals surface area contributed by atoms with Gasteiger partial charge in [0, 0.05) is 35.7 Å². The van der Waals surface area contributed by atoms with Gasteiger partial charge in [-0.3, -0.25) is 14.6 Å². The predicted molar refractivity (Wildman–Crippen MR) is 121 cm³/mol. The van der Waals surface area contributed by atoms with Crippen LogP contribution in [0.2, 0.25) is 15.1 Å². The van der Waals surface area contributed by atoms with Crippen molar-refractivity contribution in [2.45, 2.75) is 6.42 Å². The fourth-order valence-electron chi connectivity index (χ4n) is 3.21. The second-order valence-electron chi connectivity index (χ2n) is 6.75. The van der Waals surface area contributed by atoms with Crippen LogP contribution in [-0.4, -0.2) is 26.2 Å². The zero-order valence-corrected chi connectivity index (χ0v) is 18.0. The molecular weight excluding hydrogens is 461 g/mol. The van der Waals surface area contributed by atoms with Crippen molar-refractivity contribution >= 4 is 57.7 Å². The lowest BCUT2D eigenvalue weighted by atomic mass is 10.1. The molecule has 0 saturated heterocycles. The molecule has 0 bridgehead atoms. The van der Waals surface area contributed by atoms with Crippen LogP contribution in [0.4, 0.5) is 5.69 Å². The summed E-state index contributed by atoms with van der Waals surface area (Å²) in [7, 11) is 0. The highest BCUT2D eigenvalue weighted by Gasteiger charge is 2.24. The third-order valence-electron chi connectivity index (χ3n) is 4.68. The molecule has 0 aliphatic rings. The topological polar surface area (TPSA) is 83.7 Å². The van der Waals surface area contributed by atoms with Crippen LogP contribution < -0.4 is 5.32 Å². The average molecular weight is 475 g/mol. The van der Waals surface area contributed by atoms with Crippen molar-refractivity contribution in [2.24, 2.45) is 0 Å². The number of carbonyl (C=O) groups excluding carboxylic acids is 2. The minimum Gasteiger partial charge on any atom is -0.508 e. The standard InChI is InChI=1S/C22H14Cl3N3O3/c23-13-5-6-28-14(7-12-1-3-15(29)4-2-12)9-16(19(28)8-13)21(30)22(31)27-20-17(24)10-26-11-18(20)25/h1-6,8-11,29H,7H2,(H,26,27,31). The monoisotopic (exact) mass is 473 g/mol. The van der Waals surface area contributed by atoms with Crippen molar-refractivity contribution in [1.82, 2.24) is 9.38 Å². The number of pyridine rings is 2. The number of fused-ring (bicyclic) bond motifs is 1. The summed E-state index contributed by atoms with van der Waals surface area (Å²) in [4.78, 5) is 29.5. The van der Waals surface area contributed by atoms with Crippen LogP contribution in [-0.2, 0) is 11.2 Å². The molecule has 0 aliphatic carbocycles. The summed E-state index contributed by atoms with van der Waals surface area (Å²) in [6.45, 7) is 0. The highest BCUT2D eigenvalue weighted by atomic mass is 35.5. The smallest absolute Gasteiger partial charge is 0.296 e. The first-order chi connectivity index (χ1) is 14.8. The van der Waals surface area contributed by atoms with Crippen molar-refractivity contribution < 1.29 is 14.7 Å². The van der Waals surface area contributed by atoms with Crippen LogP contribution in [0.15, 0.2) is 61.1 Å². The van der Waals surface area contributed by atoms with Gasteiger partial charge in [-0.2, -0.15) is 0 Å². The molecule has 3 aromatic heterocycles. The van der Waals surface area contributed by atoms with Gasteiger partial charge in [-0.1, -0.05) is 46.9 Å². The lowest BCUT2D eigenvalue weighted by Gasteiger charge is -2.07. The van der Waals surface area contributed by atoms with E-state index in [1.165, 1.54) is 12.4 Å². The van der Waals surface area contributed by atoms with Crippen LogP contribution in [0, 0.1) is 0 Å². The Kier molecular flexibility index (Phi) is 5.87. The zero-order valence-electron chi connectivity index (χ0n) is 15.8. The van der Waals surface area contributed by atoms with Gasteiger partial charge in [0.15, 0.2) is 0 Å². The molecule has 0 fully saturated rings. The van der Waals surface area contributed by atoms with E-state index < -0.39 is 11.7 Å². The number of benzene rings is 1. The number of carbonyl (C=O) groups is 2. The van der Waals surface area contributed by atoms with Gasteiger partial charge in [0.2, 0.25) is 0 Å². The van der Waals surface area contributed by atoms with Crippen LogP contribution in [0.3, 0.4) is 0 Å². The molecule has 0 aliphatic heterocycles. The molecule has 156 valence electrons. The molecule has 0 atom stereocenters. The molecule has 0 unspecified atom stereocenters. The SMILES string of the molecule is O=C(Nc1c(Cl)cncc1Cl)C(=O)c1cc(Cc2ccc(O)cc2)n2ccc(Cl)cc12. The normalized spacial score (nSPS) is 10.9. The molecule has 0 saturated carbocycles. The van der Waals surface area contributed by atoms with E-state index >= 15 is 0 Å². The molecule has 9 heteroatoms. The third kappa shape index (κ3) is 4.37. The predicted octanol–water partition coefficient (Wildman–Crippen LogP) is 5.41. The molecule has 0 spiro atoms. The quantitative estimate of drug-likeness (QED) is 0.299. The highest BCUT2D eigenvalue weighted by molar-refractivity contribution is 6.49. The summed E-state index contributed by atoms with van der Waals surface area (Å²) in [5, 5.41) is 12.6. The van der Waals surface area contributed by atoms with Crippen LogP contribution >= 0.6 is 34.8 Å². The summed E-state index contributed by atoms with van der Waals surface area (Å²) < 4.78 is 1.80. The van der Waals surface area contributed by atoms with Gasteiger partial charge in [0.25, 0.3) is 11.7 Å². The number of hydrogen-bond acceptors (Lipinski definition) is 4. The van der Waals surface area contributed by atoms with Crippen LogP contribution in [0.25, 0.3) is 5.52 Å². The summed E-state index contributed by atoms with van der Waals surface area (Å²) in [5.41, 5.74) is 2.49. The summed E-state index contributed by atoms with van der Waals surface area (Å²) >= 11 is 18.2. The van der Waals surface area contributed by atoms with E-state index in [9.17, 15) is 14.7 Å². The Hall–Kier alpha value is -3.06. The Bertz CT molecular complexity index is 1300. The second-order valence-corrected chi connectivity index (χ2v) is 8.01. The summed E-state index contributed by atoms with van der Waals surface area (Å²) in [5.74, 6) is -1.49. The summed E-state index contributed by atoms with van der Waals surface area (Å²) in [6.07, 6.45) is 4.84. The first kappa shape index (κ1) is 21.2. The number of aromatic hydroxyl groups is 1. The van der Waals surface area contributed by atoms with E-state index in [2.05, 4.69) is 10.3 Å². The van der Waals surface area contributed by atoms with Crippen molar-refractivity contribution in [3.63, 3.8) is 0 Å². The average Bonchev–Trinajstić information content (AvgIpc) is 3.09. The van der Waals surface area contributed by atoms with Crippen molar-refractivity contribution in [1.29, 1.82) is 0 Å². The molecule has 3 heterocycles. The molecule has 4 rings (SSSR count). The maximum atomic E-state index is 13.0. The number of phenolic OH excluding ortho intramolecular Hbond substituents is 1. The number of nitrogens with zero attached hydrogens (tertiary/aromatic N) is 2. The largest absolute Gasteiger partial charge is 0.508 e. The number of anilines is 1. The van der Waals surface area contributed by atoms with E-state index in [1.807, 2.05) is 0 Å². The summed E-state index contributed by atoms with van der Waals surface area (Å²) in [6, 6.07) is 11.7. The van der Waals surface area contributed by atoms with Gasteiger partial charge in [0.1, 0.15) is 5.75 Å². The lowest BCUT2D eigenvalue weighted by Crippen LogP contribution is -2.23. The van der Waals surface area contributed by atoms with Gasteiger partial charge in [0.05, 0.1) is 26.8 Å². The Labute approximate surface area is 192 Å². The van der Waals surface area contributed by atoms with Crippen molar-refractivity contribution in [3.05, 3.63) is 92.9 Å². The molecule has 0 radical (unpaired) electrons. The number of Topliss-reactive ketones (excluding diaryl/α,β-unsaturated/α-hetero) is 1. The lowest BCUT2D eigenvalue weighted by molar-refractivity contribution is -0.112. The van der Waals surface area contributed by atoms with Gasteiger partial charge in [-0.15, -0.1) is 0 Å². The molecule has 31 heavy (non-hydrogen) atoms. The minimum atomic E-state index is -0.890. The fraction of sp³-hybridized carbons (Fsp3) is 0.0455. The Balaban J connectivity index is 1.71. The van der Waals surface area contributed by atoms with Gasteiger partial charge < -0.3 is 14.8 Å². The number of amides is 1. The van der Waals surface area contributed by atoms with Crippen molar-refractivity contribution in [3.8, 4) is 5.75 Å². The first-order valence-corrected chi connectivity index (χ1v) is 10.2. The van der Waals surface area contributed by atoms with E-state index in [0.717, 1.165) is 11.3 Å². The molecule has 1 aromatic carbocycles. The van der Waals surface area contributed by atoms with Crippen LogP contribution in [0.1, 0.15) is 21.6 Å². The molecule has 4 aromatic rings. The van der Waals surface area contributed by atoms with Crippen LogP contribution in [0.5, 0.6) is 5.75 Å². The molecule has 1 amide bonds. The maximum absolute atomic E-state index is 13.0. The second kappa shape index (κ2) is 8.59. The van der Waals surface area contributed by atoms with E-state index in [4.69, 9.17) is 34.8 Å². The van der Waals surface area contributed by atoms with Gasteiger partial charge in [-0.05, 0) is 35.9 Å². The third-order valence-corrected chi connectivity index (χ3v) is 5.49. The number of aromatic nitrogens is 2. The van der Waals surface area contributed by atoms with Crippen molar-refractivity contribution in [2.75, 3.05) is 5.32 Å². The number of phenols is 1. The Morgan fingerprint density at radius 3 is 2.35 bits per heavy atom. The zero-order chi connectivity index (χ0) is 22.1. The minimum absolute atomic E-state index is 0.113. The highest BCUT2D eigenvalue weighted by Crippen LogP contribution is 2.29. The Morgan fingerprint density at radius 2 is 1.68 bits per heavy atom. The van der Waals surface area contributed by atoms with Gasteiger partial charge >= 0.3 is 0 Å². The van der Waals surface area contributed by atoms with E-state index in [1.54, 1.807) is 53.1 Å². The van der Waals surface area contributed by atoms with E-state index in [0.29, 0.717) is 17.0 Å². The van der Waals surface area contributed by atoms with E-state index in [-0.39, 0.29) is 27.0 Å². The number of halogens is 3.